The lowest BCUT2D eigenvalue weighted by Gasteiger charge is -2.12. The maximum atomic E-state index is 11.8. The number of carbonyl (C=O) groups is 1. The molecule has 0 spiro atoms. The fraction of sp³-hybridized carbons (Fsp3) is 0.364. The fourth-order valence-electron chi connectivity index (χ4n) is 1.22. The van der Waals surface area contributed by atoms with Gasteiger partial charge in [0.15, 0.2) is 6.61 Å². The van der Waals surface area contributed by atoms with Crippen molar-refractivity contribution in [2.45, 2.75) is 18.6 Å². The van der Waals surface area contributed by atoms with Gasteiger partial charge in [0.2, 0.25) is 0 Å². The first kappa shape index (κ1) is 13.5. The van der Waals surface area contributed by atoms with Gasteiger partial charge in [-0.1, -0.05) is 30.3 Å². The highest BCUT2D eigenvalue weighted by atomic mass is 19.4. The third-order valence-corrected chi connectivity index (χ3v) is 2.01. The lowest BCUT2D eigenvalue weighted by Crippen LogP contribution is -2.23. The Morgan fingerprint density at radius 1 is 1.29 bits per heavy atom. The molecule has 0 bridgehead atoms. The molecule has 0 saturated carbocycles. The molecule has 0 amide bonds. The topological polar surface area (TPSA) is 52.3 Å². The second kappa shape index (κ2) is 5.67. The molecular formula is C11H12F3NO2. The summed E-state index contributed by atoms with van der Waals surface area (Å²) in [6, 6.07) is 7.98. The molecule has 0 aliphatic rings. The number of rotatable bonds is 4. The predicted molar refractivity (Wildman–Crippen MR) is 55.0 cm³/mol. The maximum absolute atomic E-state index is 11.8. The van der Waals surface area contributed by atoms with E-state index in [2.05, 4.69) is 4.74 Å². The molecule has 1 aromatic rings. The van der Waals surface area contributed by atoms with Crippen molar-refractivity contribution >= 4 is 5.97 Å². The normalized spacial score (nSPS) is 13.2. The second-order valence-electron chi connectivity index (χ2n) is 3.50. The molecular weight excluding hydrogens is 235 g/mol. The molecule has 3 nitrogen and oxygen atoms in total. The Bertz CT molecular complexity index is 365. The first-order valence-electron chi connectivity index (χ1n) is 4.91. The monoisotopic (exact) mass is 247 g/mol. The molecule has 6 heteroatoms. The highest BCUT2D eigenvalue weighted by molar-refractivity contribution is 5.70. The molecule has 0 radical (unpaired) electrons. The van der Waals surface area contributed by atoms with Gasteiger partial charge in [-0.25, -0.2) is 0 Å². The van der Waals surface area contributed by atoms with Crippen LogP contribution in [0.4, 0.5) is 13.2 Å². The SMILES string of the molecule is NC(CC(=O)OCC(F)(F)F)c1ccccc1. The molecule has 0 aliphatic heterocycles. The predicted octanol–water partition coefficient (Wildman–Crippen LogP) is 2.18. The van der Waals surface area contributed by atoms with Crippen LogP contribution < -0.4 is 5.73 Å². The van der Waals surface area contributed by atoms with Crippen LogP contribution in [0.15, 0.2) is 30.3 Å². The van der Waals surface area contributed by atoms with E-state index in [0.717, 1.165) is 0 Å². The number of halogens is 3. The number of hydrogen-bond donors (Lipinski definition) is 1. The van der Waals surface area contributed by atoms with Gasteiger partial charge in [0.25, 0.3) is 0 Å². The number of esters is 1. The highest BCUT2D eigenvalue weighted by Gasteiger charge is 2.29. The summed E-state index contributed by atoms with van der Waals surface area (Å²) in [5.41, 5.74) is 6.33. The zero-order valence-corrected chi connectivity index (χ0v) is 8.91. The number of alkyl halides is 3. The van der Waals surface area contributed by atoms with Crippen molar-refractivity contribution in [3.8, 4) is 0 Å². The van der Waals surface area contributed by atoms with E-state index in [1.807, 2.05) is 0 Å². The molecule has 1 unspecified atom stereocenters. The van der Waals surface area contributed by atoms with Crippen LogP contribution in [-0.2, 0) is 9.53 Å². The highest BCUT2D eigenvalue weighted by Crippen LogP contribution is 2.17. The smallest absolute Gasteiger partial charge is 0.422 e. The Hall–Kier alpha value is -1.56. The van der Waals surface area contributed by atoms with E-state index >= 15 is 0 Å². The van der Waals surface area contributed by atoms with E-state index < -0.39 is 24.8 Å². The number of nitrogens with two attached hydrogens (primary N) is 1. The Morgan fingerprint density at radius 2 is 1.88 bits per heavy atom. The van der Waals surface area contributed by atoms with Gasteiger partial charge in [-0.3, -0.25) is 4.79 Å². The van der Waals surface area contributed by atoms with Crippen molar-refractivity contribution in [2.75, 3.05) is 6.61 Å². The molecule has 0 fully saturated rings. The molecule has 17 heavy (non-hydrogen) atoms. The molecule has 1 aromatic carbocycles. The standard InChI is InChI=1S/C11H12F3NO2/c12-11(13,14)7-17-10(16)6-9(15)8-4-2-1-3-5-8/h1-5,9H,6-7,15H2. The van der Waals surface area contributed by atoms with Crippen molar-refractivity contribution in [3.63, 3.8) is 0 Å². The Morgan fingerprint density at radius 3 is 2.41 bits per heavy atom. The first-order chi connectivity index (χ1) is 7.88. The van der Waals surface area contributed by atoms with E-state index in [-0.39, 0.29) is 6.42 Å². The largest absolute Gasteiger partial charge is 0.456 e. The van der Waals surface area contributed by atoms with E-state index in [9.17, 15) is 18.0 Å². The summed E-state index contributed by atoms with van der Waals surface area (Å²) in [5, 5.41) is 0. The Balaban J connectivity index is 2.42. The van der Waals surface area contributed by atoms with Crippen LogP contribution in [0.2, 0.25) is 0 Å². The van der Waals surface area contributed by atoms with Gasteiger partial charge in [0, 0.05) is 6.04 Å². The molecule has 0 heterocycles. The van der Waals surface area contributed by atoms with Crippen molar-refractivity contribution in [2.24, 2.45) is 5.73 Å². The minimum atomic E-state index is -4.51. The van der Waals surface area contributed by atoms with Crippen molar-refractivity contribution in [1.82, 2.24) is 0 Å². The van der Waals surface area contributed by atoms with Crippen LogP contribution in [0.3, 0.4) is 0 Å². The van der Waals surface area contributed by atoms with Crippen LogP contribution >= 0.6 is 0 Å². The second-order valence-corrected chi connectivity index (χ2v) is 3.50. The molecule has 0 aromatic heterocycles. The van der Waals surface area contributed by atoms with Crippen molar-refractivity contribution in [3.05, 3.63) is 35.9 Å². The summed E-state index contributed by atoms with van der Waals surface area (Å²) in [5.74, 6) is -0.960. The molecule has 1 rings (SSSR count). The van der Waals surface area contributed by atoms with E-state index in [1.54, 1.807) is 30.3 Å². The number of ether oxygens (including phenoxy) is 1. The minimum Gasteiger partial charge on any atom is -0.456 e. The van der Waals surface area contributed by atoms with Gasteiger partial charge in [0.1, 0.15) is 0 Å². The quantitative estimate of drug-likeness (QED) is 0.830. The lowest BCUT2D eigenvalue weighted by molar-refractivity contribution is -0.186. The zero-order chi connectivity index (χ0) is 12.9. The summed E-state index contributed by atoms with van der Waals surface area (Å²) in [6.45, 7) is -1.58. The number of hydrogen-bond acceptors (Lipinski definition) is 3. The van der Waals surface area contributed by atoms with Crippen LogP contribution in [0.1, 0.15) is 18.0 Å². The summed E-state index contributed by atoms with van der Waals surface area (Å²) in [4.78, 5) is 11.1. The summed E-state index contributed by atoms with van der Waals surface area (Å²) >= 11 is 0. The fourth-order valence-corrected chi connectivity index (χ4v) is 1.22. The van der Waals surface area contributed by atoms with Crippen LogP contribution in [-0.4, -0.2) is 18.8 Å². The first-order valence-corrected chi connectivity index (χ1v) is 4.91. The molecule has 0 aliphatic carbocycles. The molecule has 94 valence electrons. The van der Waals surface area contributed by atoms with Gasteiger partial charge < -0.3 is 10.5 Å². The van der Waals surface area contributed by atoms with Crippen LogP contribution in [0.25, 0.3) is 0 Å². The van der Waals surface area contributed by atoms with E-state index in [0.29, 0.717) is 5.56 Å². The van der Waals surface area contributed by atoms with Gasteiger partial charge >= 0.3 is 12.1 Å². The van der Waals surface area contributed by atoms with E-state index in [1.165, 1.54) is 0 Å². The summed E-state index contributed by atoms with van der Waals surface area (Å²) < 4.78 is 39.4. The molecule has 0 saturated heterocycles. The average molecular weight is 247 g/mol. The van der Waals surface area contributed by atoms with Gasteiger partial charge in [-0.15, -0.1) is 0 Å². The lowest BCUT2D eigenvalue weighted by atomic mass is 10.1. The maximum Gasteiger partial charge on any atom is 0.422 e. The Labute approximate surface area is 96.4 Å². The Kier molecular flexibility index (Phi) is 4.51. The average Bonchev–Trinajstić information content (AvgIpc) is 2.27. The van der Waals surface area contributed by atoms with Crippen molar-refractivity contribution < 1.29 is 22.7 Å². The summed E-state index contributed by atoms with van der Waals surface area (Å²) in [6.07, 6.45) is -4.79. The zero-order valence-electron chi connectivity index (χ0n) is 8.91. The van der Waals surface area contributed by atoms with E-state index in [4.69, 9.17) is 5.73 Å². The van der Waals surface area contributed by atoms with Crippen molar-refractivity contribution in [1.29, 1.82) is 0 Å². The molecule has 1 atom stereocenters. The van der Waals surface area contributed by atoms with Gasteiger partial charge in [0.05, 0.1) is 6.42 Å². The summed E-state index contributed by atoms with van der Waals surface area (Å²) in [7, 11) is 0. The van der Waals surface area contributed by atoms with Gasteiger partial charge in [-0.05, 0) is 5.56 Å². The number of benzene rings is 1. The minimum absolute atomic E-state index is 0.278. The third kappa shape index (κ3) is 5.35. The number of carbonyl (C=O) groups excluding carboxylic acids is 1. The van der Waals surface area contributed by atoms with Gasteiger partial charge in [-0.2, -0.15) is 13.2 Å². The molecule has 2 N–H and O–H groups in total. The van der Waals surface area contributed by atoms with Crippen LogP contribution in [0.5, 0.6) is 0 Å². The van der Waals surface area contributed by atoms with Crippen LogP contribution in [0, 0.1) is 0 Å². The third-order valence-electron chi connectivity index (χ3n) is 2.01.